The van der Waals surface area contributed by atoms with Crippen molar-refractivity contribution in [1.82, 2.24) is 4.90 Å². The van der Waals surface area contributed by atoms with Gasteiger partial charge in [0.05, 0.1) is 16.8 Å². The molecule has 2 aromatic rings. The summed E-state index contributed by atoms with van der Waals surface area (Å²) >= 11 is 3.41. The van der Waals surface area contributed by atoms with Crippen LogP contribution < -0.4 is 10.6 Å². The van der Waals surface area contributed by atoms with Gasteiger partial charge in [0, 0.05) is 16.2 Å². The zero-order valence-corrected chi connectivity index (χ0v) is 16.2. The number of amides is 4. The Labute approximate surface area is 159 Å². The van der Waals surface area contributed by atoms with Crippen LogP contribution in [-0.2, 0) is 0 Å². The molecule has 6 nitrogen and oxygen atoms in total. The van der Waals surface area contributed by atoms with Crippen molar-refractivity contribution in [2.45, 2.75) is 26.8 Å². The van der Waals surface area contributed by atoms with Crippen LogP contribution in [0.4, 0.5) is 16.2 Å². The van der Waals surface area contributed by atoms with Gasteiger partial charge >= 0.3 is 6.03 Å². The van der Waals surface area contributed by atoms with E-state index in [0.717, 1.165) is 10.0 Å². The van der Waals surface area contributed by atoms with Gasteiger partial charge in [-0.2, -0.15) is 0 Å². The van der Waals surface area contributed by atoms with E-state index in [-0.39, 0.29) is 17.9 Å². The number of nitrogens with zero attached hydrogens (tertiary/aromatic N) is 1. The maximum atomic E-state index is 12.4. The second-order valence-electron chi connectivity index (χ2n) is 6.40. The van der Waals surface area contributed by atoms with E-state index < -0.39 is 6.03 Å². The molecule has 2 aromatic carbocycles. The minimum Gasteiger partial charge on any atom is -0.308 e. The number of rotatable bonds is 3. The zero-order chi connectivity index (χ0) is 19.0. The number of urea groups is 1. The Morgan fingerprint density at radius 1 is 1.00 bits per heavy atom. The molecule has 4 amide bonds. The molecule has 0 aromatic heterocycles. The summed E-state index contributed by atoms with van der Waals surface area (Å²) in [6.45, 7) is 5.53. The number of hydrogen-bond donors (Lipinski definition) is 2. The van der Waals surface area contributed by atoms with Crippen LogP contribution in [0.3, 0.4) is 0 Å². The van der Waals surface area contributed by atoms with Gasteiger partial charge < -0.3 is 10.6 Å². The molecule has 0 saturated heterocycles. The molecule has 0 unspecified atom stereocenters. The van der Waals surface area contributed by atoms with Crippen LogP contribution in [-0.4, -0.2) is 28.8 Å². The third-order valence-electron chi connectivity index (χ3n) is 4.07. The first-order chi connectivity index (χ1) is 12.3. The van der Waals surface area contributed by atoms with Crippen molar-refractivity contribution in [3.05, 3.63) is 57.6 Å². The number of benzene rings is 2. The highest BCUT2D eigenvalue weighted by molar-refractivity contribution is 9.10. The molecule has 2 N–H and O–H groups in total. The Hall–Kier alpha value is -2.67. The maximum Gasteiger partial charge on any atom is 0.323 e. The molecule has 0 aliphatic carbocycles. The topological polar surface area (TPSA) is 78.5 Å². The maximum absolute atomic E-state index is 12.4. The van der Waals surface area contributed by atoms with Gasteiger partial charge in [-0.15, -0.1) is 0 Å². The van der Waals surface area contributed by atoms with Crippen LogP contribution in [0.25, 0.3) is 0 Å². The first-order valence-corrected chi connectivity index (χ1v) is 8.93. The Balaban J connectivity index is 1.77. The van der Waals surface area contributed by atoms with Gasteiger partial charge in [0.1, 0.15) is 0 Å². The van der Waals surface area contributed by atoms with Crippen molar-refractivity contribution in [3.8, 4) is 0 Å². The van der Waals surface area contributed by atoms with E-state index in [1.807, 2.05) is 19.1 Å². The SMILES string of the molecule is Cc1ccc(NC(=O)Nc2ccc3c(c2)C(=O)N(C(C)C)C3=O)c(Br)c1. The molecule has 26 heavy (non-hydrogen) atoms. The van der Waals surface area contributed by atoms with Crippen LogP contribution in [0.15, 0.2) is 40.9 Å². The fourth-order valence-corrected chi connectivity index (χ4v) is 3.40. The summed E-state index contributed by atoms with van der Waals surface area (Å²) in [6.07, 6.45) is 0. The van der Waals surface area contributed by atoms with E-state index >= 15 is 0 Å². The molecular weight excluding hydrogens is 398 g/mol. The van der Waals surface area contributed by atoms with E-state index in [0.29, 0.717) is 22.5 Å². The van der Waals surface area contributed by atoms with Gasteiger partial charge in [-0.3, -0.25) is 14.5 Å². The number of hydrogen-bond acceptors (Lipinski definition) is 3. The number of carbonyl (C=O) groups excluding carboxylic acids is 3. The number of halogens is 1. The summed E-state index contributed by atoms with van der Waals surface area (Å²) in [5.41, 5.74) is 2.80. The van der Waals surface area contributed by atoms with Gasteiger partial charge in [0.15, 0.2) is 0 Å². The lowest BCUT2D eigenvalue weighted by Gasteiger charge is -2.17. The zero-order valence-electron chi connectivity index (χ0n) is 14.6. The third kappa shape index (κ3) is 3.35. The van der Waals surface area contributed by atoms with Crippen molar-refractivity contribution >= 4 is 45.2 Å². The minimum atomic E-state index is -0.438. The molecule has 1 aliphatic heterocycles. The highest BCUT2D eigenvalue weighted by Gasteiger charge is 2.37. The number of imide groups is 1. The Bertz CT molecular complexity index is 924. The number of nitrogens with one attached hydrogen (secondary N) is 2. The van der Waals surface area contributed by atoms with E-state index in [9.17, 15) is 14.4 Å². The van der Waals surface area contributed by atoms with Crippen LogP contribution in [0.1, 0.15) is 40.1 Å². The quantitative estimate of drug-likeness (QED) is 0.728. The predicted octanol–water partition coefficient (Wildman–Crippen LogP) is 4.41. The molecule has 0 atom stereocenters. The van der Waals surface area contributed by atoms with E-state index in [2.05, 4.69) is 26.6 Å². The molecule has 7 heteroatoms. The second kappa shape index (κ2) is 6.92. The number of anilines is 2. The first-order valence-electron chi connectivity index (χ1n) is 8.14. The normalized spacial score (nSPS) is 13.2. The van der Waals surface area contributed by atoms with Crippen molar-refractivity contribution in [1.29, 1.82) is 0 Å². The molecule has 1 aliphatic rings. The number of aryl methyl sites for hydroxylation is 1. The second-order valence-corrected chi connectivity index (χ2v) is 7.25. The molecule has 0 fully saturated rings. The van der Waals surface area contributed by atoms with E-state index in [1.54, 1.807) is 32.0 Å². The lowest BCUT2D eigenvalue weighted by Crippen LogP contribution is -2.35. The molecule has 3 rings (SSSR count). The fraction of sp³-hybridized carbons (Fsp3) is 0.211. The average Bonchev–Trinajstić information content (AvgIpc) is 2.81. The van der Waals surface area contributed by atoms with Crippen LogP contribution in [0, 0.1) is 6.92 Å². The smallest absolute Gasteiger partial charge is 0.308 e. The summed E-state index contributed by atoms with van der Waals surface area (Å²) in [7, 11) is 0. The highest BCUT2D eigenvalue weighted by Crippen LogP contribution is 2.28. The van der Waals surface area contributed by atoms with Crippen LogP contribution in [0.5, 0.6) is 0 Å². The minimum absolute atomic E-state index is 0.221. The molecule has 1 heterocycles. The first kappa shape index (κ1) is 18.1. The van der Waals surface area contributed by atoms with Crippen molar-refractivity contribution in [2.75, 3.05) is 10.6 Å². The lowest BCUT2D eigenvalue weighted by molar-refractivity contribution is 0.0609. The molecule has 0 spiro atoms. The molecular formula is C19H18BrN3O3. The van der Waals surface area contributed by atoms with Crippen LogP contribution in [0.2, 0.25) is 0 Å². The largest absolute Gasteiger partial charge is 0.323 e. The summed E-state index contributed by atoms with van der Waals surface area (Å²) in [6, 6.07) is 9.63. The molecule has 0 bridgehead atoms. The van der Waals surface area contributed by atoms with Gasteiger partial charge in [-0.1, -0.05) is 6.07 Å². The number of fused-ring (bicyclic) bond motifs is 1. The average molecular weight is 416 g/mol. The highest BCUT2D eigenvalue weighted by atomic mass is 79.9. The van der Waals surface area contributed by atoms with Crippen molar-refractivity contribution in [2.24, 2.45) is 0 Å². The monoisotopic (exact) mass is 415 g/mol. The molecule has 0 radical (unpaired) electrons. The lowest BCUT2D eigenvalue weighted by atomic mass is 10.1. The predicted molar refractivity (Wildman–Crippen MR) is 104 cm³/mol. The number of carbonyl (C=O) groups is 3. The van der Waals surface area contributed by atoms with Crippen molar-refractivity contribution < 1.29 is 14.4 Å². The summed E-state index contributed by atoms with van der Waals surface area (Å²) in [5.74, 6) is -0.648. The van der Waals surface area contributed by atoms with Gasteiger partial charge in [-0.05, 0) is 72.6 Å². The third-order valence-corrected chi connectivity index (χ3v) is 4.72. The standard InChI is InChI=1S/C19H18BrN3O3/c1-10(2)23-17(24)13-6-5-12(9-14(13)18(23)25)21-19(26)22-16-7-4-11(3)8-15(16)20/h4-10H,1-3H3,(H2,21,22,26). The summed E-state index contributed by atoms with van der Waals surface area (Å²) in [4.78, 5) is 38.2. The van der Waals surface area contributed by atoms with E-state index in [1.165, 1.54) is 11.0 Å². The fourth-order valence-electron chi connectivity index (χ4n) is 2.81. The Morgan fingerprint density at radius 3 is 2.35 bits per heavy atom. The summed E-state index contributed by atoms with van der Waals surface area (Å²) in [5, 5.41) is 5.43. The van der Waals surface area contributed by atoms with Gasteiger partial charge in [0.25, 0.3) is 11.8 Å². The summed E-state index contributed by atoms with van der Waals surface area (Å²) < 4.78 is 0.773. The van der Waals surface area contributed by atoms with Crippen molar-refractivity contribution in [3.63, 3.8) is 0 Å². The Kier molecular flexibility index (Phi) is 4.82. The van der Waals surface area contributed by atoms with Gasteiger partial charge in [-0.25, -0.2) is 4.79 Å². The molecule has 0 saturated carbocycles. The van der Waals surface area contributed by atoms with Crippen LogP contribution >= 0.6 is 15.9 Å². The van der Waals surface area contributed by atoms with Gasteiger partial charge in [0.2, 0.25) is 0 Å². The van der Waals surface area contributed by atoms with E-state index in [4.69, 9.17) is 0 Å². The Morgan fingerprint density at radius 2 is 1.69 bits per heavy atom. The molecule has 134 valence electrons.